The number of nitro groups is 1. The second-order valence-corrected chi connectivity index (χ2v) is 6.40. The molecule has 3 rings (SSSR count). The third-order valence-corrected chi connectivity index (χ3v) is 4.26. The minimum Gasteiger partial charge on any atom is -0.465 e. The van der Waals surface area contributed by atoms with Gasteiger partial charge in [-0.2, -0.15) is 17.9 Å². The highest BCUT2D eigenvalue weighted by Crippen LogP contribution is 2.35. The third-order valence-electron chi connectivity index (χ3n) is 4.02. The van der Waals surface area contributed by atoms with E-state index in [9.17, 15) is 32.9 Å². The summed E-state index contributed by atoms with van der Waals surface area (Å²) in [4.78, 5) is 34.4. The number of tetrazole rings is 1. The highest BCUT2D eigenvalue weighted by molar-refractivity contribution is 6.30. The molecule has 0 aliphatic rings. The summed E-state index contributed by atoms with van der Waals surface area (Å²) in [6, 6.07) is 3.62. The van der Waals surface area contributed by atoms with Crippen LogP contribution in [0.3, 0.4) is 0 Å². The van der Waals surface area contributed by atoms with E-state index in [4.69, 9.17) is 11.6 Å². The first-order valence-corrected chi connectivity index (χ1v) is 8.52. The maximum absolute atomic E-state index is 13.4. The number of halogens is 4. The first-order valence-electron chi connectivity index (χ1n) is 8.14. The van der Waals surface area contributed by atoms with E-state index >= 15 is 0 Å². The Morgan fingerprint density at radius 3 is 2.65 bits per heavy atom. The van der Waals surface area contributed by atoms with Crippen molar-refractivity contribution in [1.82, 2.24) is 24.8 Å². The summed E-state index contributed by atoms with van der Waals surface area (Å²) in [5.41, 5.74) is -4.02. The standard InChI is InChI=1S/C16H10ClF3N6O5/c1-31-15(28)8-4-12(26(29)30)14(27)24(6-8)7-13-21-22-23-25(13)11-3-2-9(17)5-10(11)16(18,19)20/h2-6H,7H2,1H3. The van der Waals surface area contributed by atoms with Crippen molar-refractivity contribution in [2.75, 3.05) is 7.11 Å². The van der Waals surface area contributed by atoms with Crippen molar-refractivity contribution in [1.29, 1.82) is 0 Å². The Labute approximate surface area is 174 Å². The van der Waals surface area contributed by atoms with E-state index in [-0.39, 0.29) is 16.4 Å². The molecule has 0 saturated heterocycles. The number of rotatable bonds is 5. The van der Waals surface area contributed by atoms with Crippen molar-refractivity contribution < 1.29 is 27.6 Å². The Balaban J connectivity index is 2.14. The first kappa shape index (κ1) is 21.9. The summed E-state index contributed by atoms with van der Waals surface area (Å²) in [6.07, 6.45) is -3.85. The summed E-state index contributed by atoms with van der Waals surface area (Å²) in [7, 11) is 1.03. The van der Waals surface area contributed by atoms with Crippen molar-refractivity contribution in [3.8, 4) is 5.69 Å². The lowest BCUT2D eigenvalue weighted by Crippen LogP contribution is -2.26. The molecule has 3 aromatic rings. The Kier molecular flexibility index (Phi) is 5.75. The lowest BCUT2D eigenvalue weighted by Gasteiger charge is -2.14. The van der Waals surface area contributed by atoms with Gasteiger partial charge >= 0.3 is 23.4 Å². The molecule has 162 valence electrons. The van der Waals surface area contributed by atoms with Crippen LogP contribution in [-0.4, -0.2) is 42.8 Å². The fraction of sp³-hybridized carbons (Fsp3) is 0.188. The van der Waals surface area contributed by atoms with Gasteiger partial charge in [0.15, 0.2) is 5.82 Å². The van der Waals surface area contributed by atoms with Gasteiger partial charge in [0.1, 0.15) is 0 Å². The number of hydrogen-bond donors (Lipinski definition) is 0. The largest absolute Gasteiger partial charge is 0.465 e. The fourth-order valence-corrected chi connectivity index (χ4v) is 2.83. The molecule has 2 aromatic heterocycles. The molecule has 0 N–H and O–H groups in total. The summed E-state index contributed by atoms with van der Waals surface area (Å²) in [5, 5.41) is 21.4. The van der Waals surface area contributed by atoms with E-state index in [1.54, 1.807) is 0 Å². The van der Waals surface area contributed by atoms with Gasteiger partial charge in [-0.15, -0.1) is 5.10 Å². The lowest BCUT2D eigenvalue weighted by molar-refractivity contribution is -0.386. The molecular weight excluding hydrogens is 449 g/mol. The molecule has 0 radical (unpaired) electrons. The zero-order valence-corrected chi connectivity index (χ0v) is 16.1. The minimum atomic E-state index is -4.80. The number of carbonyl (C=O) groups excluding carboxylic acids is 1. The van der Waals surface area contributed by atoms with Gasteiger partial charge < -0.3 is 9.30 Å². The summed E-state index contributed by atoms with van der Waals surface area (Å²) in [6.45, 7) is -0.586. The van der Waals surface area contributed by atoms with Crippen LogP contribution in [0.1, 0.15) is 21.7 Å². The van der Waals surface area contributed by atoms with Crippen molar-refractivity contribution in [2.45, 2.75) is 12.7 Å². The smallest absolute Gasteiger partial charge is 0.418 e. The molecule has 0 saturated carbocycles. The van der Waals surface area contributed by atoms with Crippen LogP contribution in [0.4, 0.5) is 18.9 Å². The van der Waals surface area contributed by atoms with E-state index in [1.807, 2.05) is 0 Å². The highest BCUT2D eigenvalue weighted by atomic mass is 35.5. The van der Waals surface area contributed by atoms with Gasteiger partial charge in [0.2, 0.25) is 0 Å². The molecule has 0 amide bonds. The maximum Gasteiger partial charge on any atom is 0.418 e. The number of pyridine rings is 1. The van der Waals surface area contributed by atoms with E-state index < -0.39 is 46.1 Å². The number of esters is 1. The third kappa shape index (κ3) is 4.37. The number of carbonyl (C=O) groups is 1. The molecular formula is C16H10ClF3N6O5. The quantitative estimate of drug-likeness (QED) is 0.322. The maximum atomic E-state index is 13.4. The molecule has 31 heavy (non-hydrogen) atoms. The second kappa shape index (κ2) is 8.14. The normalized spacial score (nSPS) is 11.4. The molecule has 2 heterocycles. The zero-order chi connectivity index (χ0) is 22.9. The van der Waals surface area contributed by atoms with E-state index in [1.165, 1.54) is 6.07 Å². The van der Waals surface area contributed by atoms with E-state index in [0.717, 1.165) is 30.0 Å². The van der Waals surface area contributed by atoms with Crippen molar-refractivity contribution in [3.63, 3.8) is 0 Å². The number of alkyl halides is 3. The predicted octanol–water partition coefficient (Wildman–Crippen LogP) is 2.24. The number of methoxy groups -OCH3 is 1. The van der Waals surface area contributed by atoms with Crippen LogP contribution in [0.25, 0.3) is 5.69 Å². The summed E-state index contributed by atoms with van der Waals surface area (Å²) >= 11 is 5.67. The molecule has 0 bridgehead atoms. The molecule has 0 atom stereocenters. The second-order valence-electron chi connectivity index (χ2n) is 5.96. The fourth-order valence-electron chi connectivity index (χ4n) is 2.66. The van der Waals surface area contributed by atoms with Gasteiger partial charge in [0, 0.05) is 17.3 Å². The monoisotopic (exact) mass is 458 g/mol. The van der Waals surface area contributed by atoms with Crippen LogP contribution in [0.15, 0.2) is 35.3 Å². The van der Waals surface area contributed by atoms with Gasteiger partial charge in [-0.25, -0.2) is 4.79 Å². The molecule has 0 aliphatic heterocycles. The van der Waals surface area contributed by atoms with Crippen LogP contribution < -0.4 is 5.56 Å². The Morgan fingerprint density at radius 2 is 2.03 bits per heavy atom. The molecule has 15 heteroatoms. The Hall–Kier alpha value is -3.81. The minimum absolute atomic E-state index is 0.177. The number of benzene rings is 1. The van der Waals surface area contributed by atoms with Gasteiger partial charge in [-0.3, -0.25) is 14.9 Å². The molecule has 0 fully saturated rings. The van der Waals surface area contributed by atoms with Crippen LogP contribution in [0.5, 0.6) is 0 Å². The topological polar surface area (TPSA) is 135 Å². The highest BCUT2D eigenvalue weighted by Gasteiger charge is 2.35. The predicted molar refractivity (Wildman–Crippen MR) is 97.0 cm³/mol. The van der Waals surface area contributed by atoms with Crippen molar-refractivity contribution in [2.24, 2.45) is 0 Å². The van der Waals surface area contributed by atoms with Crippen LogP contribution in [-0.2, 0) is 17.5 Å². The number of aromatic nitrogens is 5. The Bertz CT molecular complexity index is 1240. The molecule has 0 unspecified atom stereocenters. The Morgan fingerprint density at radius 1 is 1.32 bits per heavy atom. The molecule has 0 aliphatic carbocycles. The SMILES string of the molecule is COC(=O)c1cc([N+](=O)[O-])c(=O)n(Cc2nnnn2-c2ccc(Cl)cc2C(F)(F)F)c1. The molecule has 1 aromatic carbocycles. The summed E-state index contributed by atoms with van der Waals surface area (Å²) < 4.78 is 46.3. The number of nitrogens with zero attached hydrogens (tertiary/aromatic N) is 6. The van der Waals surface area contributed by atoms with Crippen LogP contribution in [0, 0.1) is 10.1 Å². The average molecular weight is 459 g/mol. The molecule has 11 nitrogen and oxygen atoms in total. The summed E-state index contributed by atoms with van der Waals surface area (Å²) in [5.74, 6) is -1.24. The van der Waals surface area contributed by atoms with Gasteiger partial charge in [-0.1, -0.05) is 11.6 Å². The number of hydrogen-bond acceptors (Lipinski definition) is 8. The van der Waals surface area contributed by atoms with Crippen LogP contribution >= 0.6 is 11.6 Å². The van der Waals surface area contributed by atoms with Gasteiger partial charge in [-0.05, 0) is 28.6 Å². The van der Waals surface area contributed by atoms with E-state index in [0.29, 0.717) is 10.7 Å². The lowest BCUT2D eigenvalue weighted by atomic mass is 10.1. The molecule has 0 spiro atoms. The van der Waals surface area contributed by atoms with Crippen molar-refractivity contribution >= 4 is 23.3 Å². The zero-order valence-electron chi connectivity index (χ0n) is 15.3. The van der Waals surface area contributed by atoms with Crippen molar-refractivity contribution in [3.05, 3.63) is 72.9 Å². The average Bonchev–Trinajstić information content (AvgIpc) is 3.15. The van der Waals surface area contributed by atoms with Crippen LogP contribution in [0.2, 0.25) is 5.02 Å². The number of ether oxygens (including phenoxy) is 1. The van der Waals surface area contributed by atoms with E-state index in [2.05, 4.69) is 20.3 Å². The first-order chi connectivity index (χ1) is 14.5. The van der Waals surface area contributed by atoms with Gasteiger partial charge in [0.05, 0.1) is 35.4 Å². The van der Waals surface area contributed by atoms with Gasteiger partial charge in [0.25, 0.3) is 0 Å².